The number of hydrogen-bond acceptors (Lipinski definition) is 4. The standard InChI is InChI=1S/C20H26N2O4S/c1-15(2)26-19-12-10-18(11-13-19)22(27(4,24)25)14-20(23)21-16(3)17-8-6-5-7-9-17/h5-13,15-16H,14H2,1-4H3,(H,21,23)/t16-/m0/s1. The Labute approximate surface area is 161 Å². The predicted octanol–water partition coefficient (Wildman–Crippen LogP) is 3.12. The maximum Gasteiger partial charge on any atom is 0.241 e. The molecule has 0 bridgehead atoms. The second-order valence-corrected chi connectivity index (χ2v) is 8.54. The quantitative estimate of drug-likeness (QED) is 0.751. The highest BCUT2D eigenvalue weighted by Crippen LogP contribution is 2.22. The van der Waals surface area contributed by atoms with Gasteiger partial charge in [0.05, 0.1) is 24.1 Å². The van der Waals surface area contributed by atoms with Gasteiger partial charge in [-0.1, -0.05) is 30.3 Å². The first kappa shape index (κ1) is 20.8. The summed E-state index contributed by atoms with van der Waals surface area (Å²) in [6.45, 7) is 5.39. The zero-order valence-electron chi connectivity index (χ0n) is 16.0. The average Bonchev–Trinajstić information content (AvgIpc) is 2.60. The van der Waals surface area contributed by atoms with Gasteiger partial charge in [0.2, 0.25) is 15.9 Å². The van der Waals surface area contributed by atoms with Crippen molar-refractivity contribution in [2.75, 3.05) is 17.1 Å². The summed E-state index contributed by atoms with van der Waals surface area (Å²) in [5.74, 6) is 0.267. The fraction of sp³-hybridized carbons (Fsp3) is 0.350. The molecular formula is C20H26N2O4S. The van der Waals surface area contributed by atoms with Gasteiger partial charge >= 0.3 is 0 Å². The molecule has 27 heavy (non-hydrogen) atoms. The highest BCUT2D eigenvalue weighted by molar-refractivity contribution is 7.92. The number of hydrogen-bond donors (Lipinski definition) is 1. The maximum atomic E-state index is 12.4. The van der Waals surface area contributed by atoms with Crippen LogP contribution in [0.5, 0.6) is 5.75 Å². The molecule has 0 radical (unpaired) electrons. The summed E-state index contributed by atoms with van der Waals surface area (Å²) in [6, 6.07) is 15.9. The van der Waals surface area contributed by atoms with Crippen molar-refractivity contribution in [2.45, 2.75) is 32.9 Å². The van der Waals surface area contributed by atoms with Crippen LogP contribution < -0.4 is 14.4 Å². The van der Waals surface area contributed by atoms with Crippen LogP contribution in [0.4, 0.5) is 5.69 Å². The smallest absolute Gasteiger partial charge is 0.241 e. The van der Waals surface area contributed by atoms with E-state index in [1.54, 1.807) is 24.3 Å². The number of nitrogens with one attached hydrogen (secondary N) is 1. The van der Waals surface area contributed by atoms with Crippen LogP contribution in [0.25, 0.3) is 0 Å². The van der Waals surface area contributed by atoms with E-state index in [-0.39, 0.29) is 24.6 Å². The SMILES string of the molecule is CC(C)Oc1ccc(N(CC(=O)N[C@@H](C)c2ccccc2)S(C)(=O)=O)cc1. The van der Waals surface area contributed by atoms with Crippen LogP contribution in [0.2, 0.25) is 0 Å². The minimum absolute atomic E-state index is 0.0205. The number of nitrogens with zero attached hydrogens (tertiary/aromatic N) is 1. The fourth-order valence-corrected chi connectivity index (χ4v) is 3.46. The number of benzene rings is 2. The molecule has 0 aromatic heterocycles. The Morgan fingerprint density at radius 3 is 2.15 bits per heavy atom. The third-order valence-electron chi connectivity index (χ3n) is 3.86. The van der Waals surface area contributed by atoms with Crippen LogP contribution in [-0.2, 0) is 14.8 Å². The maximum absolute atomic E-state index is 12.4. The molecule has 0 saturated carbocycles. The van der Waals surface area contributed by atoms with Gasteiger partial charge in [0, 0.05) is 0 Å². The second-order valence-electron chi connectivity index (χ2n) is 6.63. The molecule has 1 atom stereocenters. The fourth-order valence-electron chi connectivity index (χ4n) is 2.61. The molecule has 1 amide bonds. The molecule has 0 aliphatic rings. The van der Waals surface area contributed by atoms with Crippen molar-refractivity contribution < 1.29 is 17.9 Å². The monoisotopic (exact) mass is 390 g/mol. The van der Waals surface area contributed by atoms with E-state index in [2.05, 4.69) is 5.32 Å². The molecule has 0 spiro atoms. The predicted molar refractivity (Wildman–Crippen MR) is 107 cm³/mol. The van der Waals surface area contributed by atoms with E-state index in [1.807, 2.05) is 51.1 Å². The van der Waals surface area contributed by atoms with Gasteiger partial charge in [0.15, 0.2) is 0 Å². The summed E-state index contributed by atoms with van der Waals surface area (Å²) in [5.41, 5.74) is 1.36. The van der Waals surface area contributed by atoms with Crippen molar-refractivity contribution in [3.05, 3.63) is 60.2 Å². The molecular weight excluding hydrogens is 364 g/mol. The Hall–Kier alpha value is -2.54. The van der Waals surface area contributed by atoms with Gasteiger partial charge in [-0.2, -0.15) is 0 Å². The molecule has 0 unspecified atom stereocenters. The van der Waals surface area contributed by atoms with E-state index in [0.29, 0.717) is 11.4 Å². The number of amides is 1. The van der Waals surface area contributed by atoms with Gasteiger partial charge in [-0.3, -0.25) is 9.10 Å². The molecule has 0 fully saturated rings. The summed E-state index contributed by atoms with van der Waals surface area (Å²) in [4.78, 5) is 12.4. The molecule has 7 heteroatoms. The van der Waals surface area contributed by atoms with E-state index in [0.717, 1.165) is 16.1 Å². The van der Waals surface area contributed by atoms with Crippen LogP contribution >= 0.6 is 0 Å². The molecule has 0 aliphatic carbocycles. The Balaban J connectivity index is 2.11. The zero-order valence-corrected chi connectivity index (χ0v) is 16.9. The van der Waals surface area contributed by atoms with E-state index in [4.69, 9.17) is 4.74 Å². The highest BCUT2D eigenvalue weighted by Gasteiger charge is 2.22. The number of ether oxygens (including phenoxy) is 1. The molecule has 1 N–H and O–H groups in total. The van der Waals surface area contributed by atoms with Crippen LogP contribution in [0.3, 0.4) is 0 Å². The second kappa shape index (κ2) is 8.90. The van der Waals surface area contributed by atoms with E-state index in [9.17, 15) is 13.2 Å². The van der Waals surface area contributed by atoms with Crippen molar-refractivity contribution in [2.24, 2.45) is 0 Å². The van der Waals surface area contributed by atoms with E-state index < -0.39 is 10.0 Å². The van der Waals surface area contributed by atoms with E-state index >= 15 is 0 Å². The van der Waals surface area contributed by atoms with Gasteiger partial charge in [0.1, 0.15) is 12.3 Å². The minimum Gasteiger partial charge on any atom is -0.491 e. The molecule has 6 nitrogen and oxygen atoms in total. The Morgan fingerprint density at radius 2 is 1.63 bits per heavy atom. The lowest BCUT2D eigenvalue weighted by Gasteiger charge is -2.23. The molecule has 0 saturated heterocycles. The summed E-state index contributed by atoms with van der Waals surface area (Å²) < 4.78 is 31.1. The Bertz CT molecular complexity index is 849. The molecule has 146 valence electrons. The van der Waals surface area contributed by atoms with Crippen LogP contribution in [0, 0.1) is 0 Å². The normalized spacial score (nSPS) is 12.5. The number of rotatable bonds is 8. The minimum atomic E-state index is -3.62. The lowest BCUT2D eigenvalue weighted by atomic mass is 10.1. The third kappa shape index (κ3) is 6.29. The number of sulfonamides is 1. The molecule has 2 rings (SSSR count). The van der Waals surface area contributed by atoms with Crippen molar-refractivity contribution in [1.82, 2.24) is 5.32 Å². The summed E-state index contributed by atoms with van der Waals surface area (Å²) in [5, 5.41) is 2.84. The van der Waals surface area contributed by atoms with Crippen molar-refractivity contribution >= 4 is 21.6 Å². The largest absolute Gasteiger partial charge is 0.491 e. The summed E-state index contributed by atoms with van der Waals surface area (Å²) in [7, 11) is -3.62. The van der Waals surface area contributed by atoms with Crippen molar-refractivity contribution in [3.63, 3.8) is 0 Å². The van der Waals surface area contributed by atoms with E-state index in [1.165, 1.54) is 0 Å². The van der Waals surface area contributed by atoms with Crippen LogP contribution in [0.1, 0.15) is 32.4 Å². The molecule has 2 aromatic carbocycles. The van der Waals surface area contributed by atoms with Gasteiger partial charge in [-0.05, 0) is 50.6 Å². The first-order valence-electron chi connectivity index (χ1n) is 8.75. The molecule has 2 aromatic rings. The van der Waals surface area contributed by atoms with Crippen molar-refractivity contribution in [3.8, 4) is 5.75 Å². The summed E-state index contributed by atoms with van der Waals surface area (Å²) in [6.07, 6.45) is 1.10. The van der Waals surface area contributed by atoms with Crippen molar-refractivity contribution in [1.29, 1.82) is 0 Å². The topological polar surface area (TPSA) is 75.7 Å². The average molecular weight is 391 g/mol. The molecule has 0 heterocycles. The third-order valence-corrected chi connectivity index (χ3v) is 5.00. The van der Waals surface area contributed by atoms with Crippen LogP contribution in [-0.4, -0.2) is 33.2 Å². The van der Waals surface area contributed by atoms with Gasteiger partial charge in [-0.25, -0.2) is 8.42 Å². The summed E-state index contributed by atoms with van der Waals surface area (Å²) >= 11 is 0. The zero-order chi connectivity index (χ0) is 20.0. The number of carbonyl (C=O) groups excluding carboxylic acids is 1. The number of anilines is 1. The lowest BCUT2D eigenvalue weighted by molar-refractivity contribution is -0.120. The lowest BCUT2D eigenvalue weighted by Crippen LogP contribution is -2.41. The Morgan fingerprint density at radius 1 is 1.04 bits per heavy atom. The van der Waals surface area contributed by atoms with Gasteiger partial charge in [-0.15, -0.1) is 0 Å². The van der Waals surface area contributed by atoms with Gasteiger partial charge in [0.25, 0.3) is 0 Å². The highest BCUT2D eigenvalue weighted by atomic mass is 32.2. The molecule has 0 aliphatic heterocycles. The number of carbonyl (C=O) groups is 1. The van der Waals surface area contributed by atoms with Gasteiger partial charge < -0.3 is 10.1 Å². The first-order chi connectivity index (χ1) is 12.7. The Kier molecular flexibility index (Phi) is 6.85. The van der Waals surface area contributed by atoms with Crippen LogP contribution in [0.15, 0.2) is 54.6 Å². The first-order valence-corrected chi connectivity index (χ1v) is 10.6.